The summed E-state index contributed by atoms with van der Waals surface area (Å²) in [4.78, 5) is 19.5. The third-order valence-electron chi connectivity index (χ3n) is 5.18. The fourth-order valence-electron chi connectivity index (χ4n) is 3.46. The molecule has 1 aromatic heterocycles. The van der Waals surface area contributed by atoms with Crippen molar-refractivity contribution >= 4 is 60.7 Å². The number of carbonyl (C=O) groups is 1. The van der Waals surface area contributed by atoms with E-state index in [1.807, 2.05) is 78.2 Å². The topological polar surface area (TPSA) is 62.5 Å². The number of anilines is 1. The van der Waals surface area contributed by atoms with Crippen LogP contribution in [0.5, 0.6) is 0 Å². The van der Waals surface area contributed by atoms with Gasteiger partial charge in [0.2, 0.25) is 0 Å². The normalized spacial score (nSPS) is 11.3. The van der Waals surface area contributed by atoms with Crippen LogP contribution in [0.2, 0.25) is 0 Å². The molecule has 0 fully saturated rings. The Bertz CT molecular complexity index is 1300. The molecule has 3 aromatic carbocycles. The second kappa shape index (κ2) is 10.3. The Kier molecular flexibility index (Phi) is 7.25. The predicted molar refractivity (Wildman–Crippen MR) is 141 cm³/mol. The number of benzene rings is 3. The van der Waals surface area contributed by atoms with Gasteiger partial charge in [0.05, 0.1) is 17.2 Å². The van der Waals surface area contributed by atoms with Crippen LogP contribution in [0.25, 0.3) is 11.0 Å². The third kappa shape index (κ3) is 5.89. The summed E-state index contributed by atoms with van der Waals surface area (Å²) in [5.41, 5.74) is 7.52. The average molecular weight is 569 g/mol. The third-order valence-corrected chi connectivity index (χ3v) is 6.20. The van der Waals surface area contributed by atoms with Crippen molar-refractivity contribution in [1.82, 2.24) is 15.0 Å². The maximum Gasteiger partial charge on any atom is 0.260 e. The Hall–Kier alpha value is -2.97. The van der Waals surface area contributed by atoms with Gasteiger partial charge in [0.1, 0.15) is 12.4 Å². The van der Waals surface area contributed by atoms with Gasteiger partial charge in [-0.15, -0.1) is 0 Å². The Balaban J connectivity index is 1.51. The van der Waals surface area contributed by atoms with E-state index in [0.717, 1.165) is 42.6 Å². The summed E-state index contributed by atoms with van der Waals surface area (Å²) in [6.45, 7) is 0.121. The molecule has 1 N–H and O–H groups in total. The molecule has 0 saturated heterocycles. The monoisotopic (exact) mass is 567 g/mol. The minimum absolute atomic E-state index is 0.121. The number of halogens is 2. The number of aromatic nitrogens is 2. The van der Waals surface area contributed by atoms with Crippen LogP contribution >= 0.6 is 31.9 Å². The molecule has 0 saturated carbocycles. The van der Waals surface area contributed by atoms with Crippen LogP contribution in [0.3, 0.4) is 0 Å². The van der Waals surface area contributed by atoms with Crippen LogP contribution in [0.4, 0.5) is 5.69 Å². The number of amides is 1. The first-order valence-electron chi connectivity index (χ1n) is 10.4. The van der Waals surface area contributed by atoms with Gasteiger partial charge in [-0.1, -0.05) is 56.1 Å². The zero-order chi connectivity index (χ0) is 23.4. The van der Waals surface area contributed by atoms with Gasteiger partial charge >= 0.3 is 0 Å². The van der Waals surface area contributed by atoms with Crippen molar-refractivity contribution in [2.75, 3.05) is 19.0 Å². The van der Waals surface area contributed by atoms with E-state index in [-0.39, 0.29) is 12.5 Å². The predicted octanol–water partition coefficient (Wildman–Crippen LogP) is 5.37. The largest absolute Gasteiger partial charge is 0.378 e. The quantitative estimate of drug-likeness (QED) is 0.241. The zero-order valence-corrected chi connectivity index (χ0v) is 21.5. The molecule has 33 heavy (non-hydrogen) atoms. The Morgan fingerprint density at radius 1 is 1.03 bits per heavy atom. The highest BCUT2D eigenvalue weighted by Gasteiger charge is 2.14. The number of carbonyl (C=O) groups excluding carboxylic acids is 1. The number of hydrazone groups is 1. The molecule has 0 unspecified atom stereocenters. The highest BCUT2D eigenvalue weighted by molar-refractivity contribution is 9.10. The van der Waals surface area contributed by atoms with Crippen LogP contribution < -0.4 is 10.3 Å². The van der Waals surface area contributed by atoms with E-state index >= 15 is 0 Å². The molecule has 168 valence electrons. The fourth-order valence-corrected chi connectivity index (χ4v) is 4.07. The van der Waals surface area contributed by atoms with Crippen LogP contribution in [-0.4, -0.2) is 35.8 Å². The smallest absolute Gasteiger partial charge is 0.260 e. The Labute approximate surface area is 209 Å². The lowest BCUT2D eigenvalue weighted by Gasteiger charge is -2.11. The van der Waals surface area contributed by atoms with Gasteiger partial charge in [-0.3, -0.25) is 4.79 Å². The number of fused-ring (bicyclic) bond motifs is 1. The van der Waals surface area contributed by atoms with Crippen LogP contribution in [0, 0.1) is 0 Å². The molecular formula is C25H23Br2N5O. The van der Waals surface area contributed by atoms with Crippen molar-refractivity contribution in [2.45, 2.75) is 13.0 Å². The number of hydrogen-bond acceptors (Lipinski definition) is 4. The SMILES string of the molecule is CN(C)c1ccc(/C=N/NC(=O)Cn2c(Cc3ccc(Br)cc3)nc3ccc(Br)cc32)cc1. The molecule has 0 aliphatic heterocycles. The fraction of sp³-hybridized carbons (Fsp3) is 0.160. The summed E-state index contributed by atoms with van der Waals surface area (Å²) >= 11 is 7.00. The maximum atomic E-state index is 12.7. The van der Waals surface area contributed by atoms with E-state index in [9.17, 15) is 4.79 Å². The standard InChI is InChI=1S/C25H23Br2N5O/c1-31(2)21-10-5-18(6-11-21)15-28-30-25(33)16-32-23-14-20(27)9-12-22(23)29-24(32)13-17-3-7-19(26)8-4-17/h3-12,14-15H,13,16H2,1-2H3,(H,30,33)/b28-15+. The Morgan fingerprint density at radius 2 is 1.73 bits per heavy atom. The van der Waals surface area contributed by atoms with E-state index in [1.165, 1.54) is 0 Å². The molecule has 6 nitrogen and oxygen atoms in total. The first-order valence-corrected chi connectivity index (χ1v) is 12.0. The summed E-state index contributed by atoms with van der Waals surface area (Å²) in [6, 6.07) is 21.9. The van der Waals surface area contributed by atoms with Gasteiger partial charge in [0, 0.05) is 35.1 Å². The summed E-state index contributed by atoms with van der Waals surface area (Å²) in [7, 11) is 3.99. The number of hydrogen-bond donors (Lipinski definition) is 1. The van der Waals surface area contributed by atoms with Gasteiger partial charge in [-0.25, -0.2) is 10.4 Å². The van der Waals surface area contributed by atoms with E-state index in [0.29, 0.717) is 6.42 Å². The second-order valence-corrected chi connectivity index (χ2v) is 9.66. The summed E-state index contributed by atoms with van der Waals surface area (Å²) in [5.74, 6) is 0.608. The van der Waals surface area contributed by atoms with Crippen LogP contribution in [-0.2, 0) is 17.8 Å². The first-order chi connectivity index (χ1) is 15.9. The lowest BCUT2D eigenvalue weighted by molar-refractivity contribution is -0.121. The minimum atomic E-state index is -0.215. The second-order valence-electron chi connectivity index (χ2n) is 7.83. The zero-order valence-electron chi connectivity index (χ0n) is 18.3. The van der Waals surface area contributed by atoms with E-state index in [1.54, 1.807) is 6.21 Å². The number of rotatable bonds is 7. The van der Waals surface area contributed by atoms with Crippen molar-refractivity contribution < 1.29 is 4.79 Å². The van der Waals surface area contributed by atoms with Gasteiger partial charge in [-0.2, -0.15) is 5.10 Å². The van der Waals surface area contributed by atoms with E-state index < -0.39 is 0 Å². The molecule has 0 aliphatic rings. The summed E-state index contributed by atoms with van der Waals surface area (Å²) in [6.07, 6.45) is 2.26. The van der Waals surface area contributed by atoms with Crippen molar-refractivity contribution in [3.8, 4) is 0 Å². The van der Waals surface area contributed by atoms with Gasteiger partial charge < -0.3 is 9.47 Å². The number of nitrogens with zero attached hydrogens (tertiary/aromatic N) is 4. The van der Waals surface area contributed by atoms with Crippen molar-refractivity contribution in [2.24, 2.45) is 5.10 Å². The van der Waals surface area contributed by atoms with Gasteiger partial charge in [-0.05, 0) is 53.6 Å². The lowest BCUT2D eigenvalue weighted by atomic mass is 10.1. The molecule has 0 bridgehead atoms. The molecule has 1 amide bonds. The van der Waals surface area contributed by atoms with Gasteiger partial charge in [0.25, 0.3) is 5.91 Å². The molecular weight excluding hydrogens is 546 g/mol. The molecule has 0 radical (unpaired) electrons. The van der Waals surface area contributed by atoms with E-state index in [2.05, 4.69) is 54.5 Å². The van der Waals surface area contributed by atoms with E-state index in [4.69, 9.17) is 4.98 Å². The van der Waals surface area contributed by atoms with Crippen molar-refractivity contribution in [3.05, 3.63) is 92.6 Å². The molecule has 4 aromatic rings. The highest BCUT2D eigenvalue weighted by atomic mass is 79.9. The molecule has 0 aliphatic carbocycles. The molecule has 1 heterocycles. The summed E-state index contributed by atoms with van der Waals surface area (Å²) in [5, 5.41) is 4.13. The number of imidazole rings is 1. The molecule has 0 atom stereocenters. The first kappa shape index (κ1) is 23.2. The summed E-state index contributed by atoms with van der Waals surface area (Å²) < 4.78 is 3.90. The van der Waals surface area contributed by atoms with Crippen molar-refractivity contribution in [1.29, 1.82) is 0 Å². The molecule has 4 rings (SSSR count). The number of nitrogens with one attached hydrogen (secondary N) is 1. The lowest BCUT2D eigenvalue weighted by Crippen LogP contribution is -2.24. The van der Waals surface area contributed by atoms with Gasteiger partial charge in [0.15, 0.2) is 0 Å². The van der Waals surface area contributed by atoms with Crippen molar-refractivity contribution in [3.63, 3.8) is 0 Å². The Morgan fingerprint density at radius 3 is 2.42 bits per heavy atom. The average Bonchev–Trinajstić information content (AvgIpc) is 3.11. The van der Waals surface area contributed by atoms with Crippen LogP contribution in [0.1, 0.15) is 17.0 Å². The molecule has 8 heteroatoms. The molecule has 0 spiro atoms. The highest BCUT2D eigenvalue weighted by Crippen LogP contribution is 2.23. The van der Waals surface area contributed by atoms with Crippen LogP contribution in [0.15, 0.2) is 80.8 Å². The maximum absolute atomic E-state index is 12.7. The minimum Gasteiger partial charge on any atom is -0.378 e.